The van der Waals surface area contributed by atoms with E-state index in [-0.39, 0.29) is 34.1 Å². The van der Waals surface area contributed by atoms with Crippen LogP contribution in [0.2, 0.25) is 10.0 Å². The predicted octanol–water partition coefficient (Wildman–Crippen LogP) is 5.56. The normalized spacial score (nSPS) is 12.2. The van der Waals surface area contributed by atoms with Crippen molar-refractivity contribution in [3.63, 3.8) is 0 Å². The summed E-state index contributed by atoms with van der Waals surface area (Å²) in [6.45, 7) is 5.18. The van der Waals surface area contributed by atoms with Crippen molar-refractivity contribution >= 4 is 50.7 Å². The first kappa shape index (κ1) is 30.5. The van der Waals surface area contributed by atoms with E-state index in [2.05, 4.69) is 5.32 Å². The fraction of sp³-hybridized carbons (Fsp3) is 0.310. The molecule has 0 saturated heterocycles. The summed E-state index contributed by atoms with van der Waals surface area (Å²) >= 11 is 12.5. The van der Waals surface area contributed by atoms with E-state index in [0.29, 0.717) is 17.9 Å². The molecule has 39 heavy (non-hydrogen) atoms. The van der Waals surface area contributed by atoms with Gasteiger partial charge in [0.2, 0.25) is 11.8 Å². The summed E-state index contributed by atoms with van der Waals surface area (Å²) in [5.74, 6) is -0.821. The summed E-state index contributed by atoms with van der Waals surface area (Å²) in [6, 6.07) is 20.9. The van der Waals surface area contributed by atoms with E-state index in [9.17, 15) is 18.0 Å². The Balaban J connectivity index is 2.03. The number of benzene rings is 3. The SMILES string of the molecule is CC[C@@H](C(=O)NC(C)C)N(CCc1ccccc1)C(=O)CN(c1ccc(Cl)cc1Cl)S(=O)(=O)c1ccccc1. The third-order valence-electron chi connectivity index (χ3n) is 6.09. The van der Waals surface area contributed by atoms with Crippen molar-refractivity contribution in [3.8, 4) is 0 Å². The largest absolute Gasteiger partial charge is 0.352 e. The number of carbonyl (C=O) groups excluding carboxylic acids is 2. The van der Waals surface area contributed by atoms with Crippen LogP contribution in [0.1, 0.15) is 32.8 Å². The summed E-state index contributed by atoms with van der Waals surface area (Å²) in [6.07, 6.45) is 0.845. The number of hydrogen-bond donors (Lipinski definition) is 1. The smallest absolute Gasteiger partial charge is 0.264 e. The third kappa shape index (κ3) is 7.97. The van der Waals surface area contributed by atoms with Crippen molar-refractivity contribution in [2.45, 2.75) is 50.6 Å². The third-order valence-corrected chi connectivity index (χ3v) is 8.40. The Kier molecular flexibility index (Phi) is 10.8. The molecule has 0 bridgehead atoms. The molecule has 0 fully saturated rings. The van der Waals surface area contributed by atoms with E-state index in [1.165, 1.54) is 35.2 Å². The minimum absolute atomic E-state index is 0.00393. The predicted molar refractivity (Wildman–Crippen MR) is 157 cm³/mol. The van der Waals surface area contributed by atoms with Crippen LogP contribution in [0.5, 0.6) is 0 Å². The molecule has 0 aromatic heterocycles. The van der Waals surface area contributed by atoms with Gasteiger partial charge in [-0.2, -0.15) is 0 Å². The van der Waals surface area contributed by atoms with Gasteiger partial charge in [0.1, 0.15) is 12.6 Å². The van der Waals surface area contributed by atoms with E-state index in [1.807, 2.05) is 51.1 Å². The van der Waals surface area contributed by atoms with Crippen LogP contribution in [0.4, 0.5) is 5.69 Å². The highest BCUT2D eigenvalue weighted by molar-refractivity contribution is 7.92. The number of hydrogen-bond acceptors (Lipinski definition) is 4. The van der Waals surface area contributed by atoms with Gasteiger partial charge in [-0.1, -0.05) is 78.7 Å². The molecule has 3 rings (SSSR count). The van der Waals surface area contributed by atoms with Crippen molar-refractivity contribution in [1.82, 2.24) is 10.2 Å². The molecule has 208 valence electrons. The Morgan fingerprint density at radius 1 is 0.923 bits per heavy atom. The van der Waals surface area contributed by atoms with Crippen LogP contribution in [0.15, 0.2) is 83.8 Å². The van der Waals surface area contributed by atoms with Gasteiger partial charge in [0, 0.05) is 17.6 Å². The average Bonchev–Trinajstić information content (AvgIpc) is 2.90. The Hall–Kier alpha value is -3.07. The molecule has 3 aromatic carbocycles. The molecule has 1 atom stereocenters. The van der Waals surface area contributed by atoms with Crippen LogP contribution in [0, 0.1) is 0 Å². The molecule has 0 heterocycles. The zero-order valence-corrected chi connectivity index (χ0v) is 24.5. The molecule has 0 saturated carbocycles. The van der Waals surface area contributed by atoms with Gasteiger partial charge in [-0.25, -0.2) is 8.42 Å². The number of amides is 2. The molecule has 0 aliphatic carbocycles. The van der Waals surface area contributed by atoms with Gasteiger partial charge in [0.25, 0.3) is 10.0 Å². The molecule has 0 aliphatic heterocycles. The van der Waals surface area contributed by atoms with Crippen LogP contribution >= 0.6 is 23.2 Å². The molecule has 0 spiro atoms. The van der Waals surface area contributed by atoms with Crippen molar-refractivity contribution in [1.29, 1.82) is 0 Å². The molecule has 10 heteroatoms. The fourth-order valence-electron chi connectivity index (χ4n) is 4.19. The van der Waals surface area contributed by atoms with Crippen molar-refractivity contribution in [3.05, 3.63) is 94.5 Å². The Bertz CT molecular complexity index is 1370. The maximum absolute atomic E-state index is 14.0. The quantitative estimate of drug-likeness (QED) is 0.299. The van der Waals surface area contributed by atoms with Gasteiger partial charge in [-0.05, 0) is 62.6 Å². The summed E-state index contributed by atoms with van der Waals surface area (Å²) < 4.78 is 28.6. The van der Waals surface area contributed by atoms with Gasteiger partial charge >= 0.3 is 0 Å². The second-order valence-electron chi connectivity index (χ2n) is 9.33. The second kappa shape index (κ2) is 13.8. The monoisotopic (exact) mass is 589 g/mol. The molecule has 0 aliphatic rings. The molecular weight excluding hydrogens is 557 g/mol. The first-order valence-corrected chi connectivity index (χ1v) is 14.9. The number of nitrogens with one attached hydrogen (secondary N) is 1. The Morgan fingerprint density at radius 2 is 1.54 bits per heavy atom. The molecule has 2 amide bonds. The van der Waals surface area contributed by atoms with Crippen molar-refractivity contribution in [2.75, 3.05) is 17.4 Å². The van der Waals surface area contributed by atoms with Crippen LogP contribution < -0.4 is 9.62 Å². The van der Waals surface area contributed by atoms with Crippen LogP contribution in [-0.4, -0.2) is 50.3 Å². The number of carbonyl (C=O) groups is 2. The number of nitrogens with zero attached hydrogens (tertiary/aromatic N) is 2. The summed E-state index contributed by atoms with van der Waals surface area (Å²) in [4.78, 5) is 28.6. The van der Waals surface area contributed by atoms with Gasteiger partial charge < -0.3 is 10.2 Å². The van der Waals surface area contributed by atoms with Crippen LogP contribution in [0.25, 0.3) is 0 Å². The second-order valence-corrected chi connectivity index (χ2v) is 12.0. The van der Waals surface area contributed by atoms with Crippen LogP contribution in [0.3, 0.4) is 0 Å². The molecule has 7 nitrogen and oxygen atoms in total. The van der Waals surface area contributed by atoms with E-state index in [1.54, 1.807) is 18.2 Å². The van der Waals surface area contributed by atoms with Gasteiger partial charge in [-0.3, -0.25) is 13.9 Å². The Labute approximate surface area is 240 Å². The van der Waals surface area contributed by atoms with Gasteiger partial charge in [0.05, 0.1) is 15.6 Å². The molecule has 3 aromatic rings. The number of sulfonamides is 1. The van der Waals surface area contributed by atoms with Crippen molar-refractivity contribution < 1.29 is 18.0 Å². The minimum atomic E-state index is -4.20. The molecule has 1 N–H and O–H groups in total. The van der Waals surface area contributed by atoms with E-state index in [0.717, 1.165) is 9.87 Å². The standard InChI is InChI=1S/C29H33Cl2N3O4S/c1-4-26(29(36)32-21(2)3)33(18-17-22-11-7-5-8-12-22)28(35)20-34(27-16-15-23(30)19-25(27)31)39(37,38)24-13-9-6-10-14-24/h5-16,19,21,26H,4,17-18,20H2,1-3H3,(H,32,36)/t26-/m0/s1. The van der Waals surface area contributed by atoms with Crippen molar-refractivity contribution in [2.24, 2.45) is 0 Å². The van der Waals surface area contributed by atoms with Gasteiger partial charge in [-0.15, -0.1) is 0 Å². The van der Waals surface area contributed by atoms with E-state index >= 15 is 0 Å². The molecular formula is C29H33Cl2N3O4S. The summed E-state index contributed by atoms with van der Waals surface area (Å²) in [7, 11) is -4.20. The fourth-order valence-corrected chi connectivity index (χ4v) is 6.21. The topological polar surface area (TPSA) is 86.8 Å². The highest BCUT2D eigenvalue weighted by atomic mass is 35.5. The zero-order valence-electron chi connectivity index (χ0n) is 22.2. The first-order chi connectivity index (χ1) is 18.5. The lowest BCUT2D eigenvalue weighted by Gasteiger charge is -2.33. The molecule has 0 unspecified atom stereocenters. The first-order valence-electron chi connectivity index (χ1n) is 12.7. The Morgan fingerprint density at radius 3 is 2.10 bits per heavy atom. The minimum Gasteiger partial charge on any atom is -0.352 e. The van der Waals surface area contributed by atoms with E-state index < -0.39 is 28.5 Å². The molecule has 0 radical (unpaired) electrons. The number of halogens is 2. The lowest BCUT2D eigenvalue weighted by Crippen LogP contribution is -2.54. The summed E-state index contributed by atoms with van der Waals surface area (Å²) in [5, 5.41) is 3.29. The van der Waals surface area contributed by atoms with Crippen LogP contribution in [-0.2, 0) is 26.0 Å². The zero-order chi connectivity index (χ0) is 28.6. The highest BCUT2D eigenvalue weighted by Gasteiger charge is 2.34. The lowest BCUT2D eigenvalue weighted by atomic mass is 10.1. The maximum Gasteiger partial charge on any atom is 0.264 e. The highest BCUT2D eigenvalue weighted by Crippen LogP contribution is 2.33. The number of anilines is 1. The average molecular weight is 591 g/mol. The summed E-state index contributed by atoms with van der Waals surface area (Å²) in [5.41, 5.74) is 1.10. The van der Waals surface area contributed by atoms with Gasteiger partial charge in [0.15, 0.2) is 0 Å². The number of rotatable bonds is 12. The van der Waals surface area contributed by atoms with E-state index in [4.69, 9.17) is 23.2 Å². The maximum atomic E-state index is 14.0. The lowest BCUT2D eigenvalue weighted by molar-refractivity contribution is -0.139.